The molecule has 0 aromatic heterocycles. The molecule has 7 heteroatoms. The zero-order valence-electron chi connectivity index (χ0n) is 14.1. The first kappa shape index (κ1) is 17.9. The van der Waals surface area contributed by atoms with Gasteiger partial charge in [0.1, 0.15) is 6.04 Å². The summed E-state index contributed by atoms with van der Waals surface area (Å²) >= 11 is 6.04. The van der Waals surface area contributed by atoms with E-state index in [9.17, 15) is 14.4 Å². The van der Waals surface area contributed by atoms with Gasteiger partial charge in [-0.1, -0.05) is 29.8 Å². The highest BCUT2D eigenvalue weighted by molar-refractivity contribution is 6.31. The number of fused-ring (bicyclic) bond motifs is 1. The number of para-hydroxylation sites is 1. The van der Waals surface area contributed by atoms with Crippen LogP contribution in [-0.4, -0.2) is 23.8 Å². The van der Waals surface area contributed by atoms with E-state index in [4.69, 9.17) is 11.6 Å². The first-order valence-electron chi connectivity index (χ1n) is 8.21. The highest BCUT2D eigenvalue weighted by atomic mass is 35.5. The molecule has 1 aliphatic heterocycles. The van der Waals surface area contributed by atoms with Crippen LogP contribution in [0.25, 0.3) is 0 Å². The molecule has 26 heavy (non-hydrogen) atoms. The van der Waals surface area contributed by atoms with Crippen molar-refractivity contribution in [1.82, 2.24) is 5.32 Å². The Labute approximate surface area is 155 Å². The number of carbonyl (C=O) groups is 3. The third kappa shape index (κ3) is 3.86. The maximum absolute atomic E-state index is 12.3. The number of halogens is 1. The van der Waals surface area contributed by atoms with Gasteiger partial charge in [-0.15, -0.1) is 0 Å². The van der Waals surface area contributed by atoms with Gasteiger partial charge < -0.3 is 16.0 Å². The van der Waals surface area contributed by atoms with Gasteiger partial charge in [-0.3, -0.25) is 14.4 Å². The molecule has 0 radical (unpaired) electrons. The van der Waals surface area contributed by atoms with Crippen molar-refractivity contribution in [2.45, 2.75) is 25.8 Å². The van der Waals surface area contributed by atoms with Gasteiger partial charge in [0, 0.05) is 17.1 Å². The summed E-state index contributed by atoms with van der Waals surface area (Å²) in [7, 11) is 0. The van der Waals surface area contributed by atoms with Crippen LogP contribution >= 0.6 is 11.6 Å². The molecule has 0 spiro atoms. The summed E-state index contributed by atoms with van der Waals surface area (Å²) in [5.74, 6) is -0.927. The Morgan fingerprint density at radius 1 is 1.15 bits per heavy atom. The van der Waals surface area contributed by atoms with E-state index in [0.717, 1.165) is 5.56 Å². The molecule has 3 amide bonds. The van der Waals surface area contributed by atoms with Crippen molar-refractivity contribution in [3.63, 3.8) is 0 Å². The Hall–Kier alpha value is -2.86. The summed E-state index contributed by atoms with van der Waals surface area (Å²) in [5.41, 5.74) is 2.28. The number of carbonyl (C=O) groups excluding carboxylic acids is 3. The fourth-order valence-corrected chi connectivity index (χ4v) is 2.92. The van der Waals surface area contributed by atoms with Crippen molar-refractivity contribution in [3.8, 4) is 0 Å². The lowest BCUT2D eigenvalue weighted by Gasteiger charge is -2.15. The van der Waals surface area contributed by atoms with Gasteiger partial charge >= 0.3 is 0 Å². The average Bonchev–Trinajstić information content (AvgIpc) is 2.74. The zero-order valence-corrected chi connectivity index (χ0v) is 14.9. The third-order valence-electron chi connectivity index (χ3n) is 4.25. The minimum atomic E-state index is -0.777. The summed E-state index contributed by atoms with van der Waals surface area (Å²) in [6, 6.07) is 11.3. The lowest BCUT2D eigenvalue weighted by atomic mass is 10.1. The SMILES string of the molecule is Cc1c(Cl)cccc1NC(=O)CC[C@H]1NC(=O)c2ccccc2NC1=O. The Balaban J connectivity index is 1.63. The molecule has 0 fully saturated rings. The minimum Gasteiger partial charge on any atom is -0.340 e. The molecule has 134 valence electrons. The Bertz CT molecular complexity index is 882. The molecule has 1 atom stereocenters. The largest absolute Gasteiger partial charge is 0.340 e. The van der Waals surface area contributed by atoms with Crippen LogP contribution in [0.3, 0.4) is 0 Å². The van der Waals surface area contributed by atoms with E-state index in [1.807, 2.05) is 6.92 Å². The lowest BCUT2D eigenvalue weighted by molar-refractivity contribution is -0.118. The van der Waals surface area contributed by atoms with E-state index in [0.29, 0.717) is 22.0 Å². The van der Waals surface area contributed by atoms with E-state index in [1.165, 1.54) is 0 Å². The van der Waals surface area contributed by atoms with Gasteiger partial charge in [-0.05, 0) is 43.2 Å². The van der Waals surface area contributed by atoms with Crippen LogP contribution < -0.4 is 16.0 Å². The maximum atomic E-state index is 12.3. The van der Waals surface area contributed by atoms with Gasteiger partial charge in [0.05, 0.1) is 11.3 Å². The monoisotopic (exact) mass is 371 g/mol. The molecule has 2 aromatic rings. The minimum absolute atomic E-state index is 0.0840. The van der Waals surface area contributed by atoms with Gasteiger partial charge in [0.25, 0.3) is 5.91 Å². The molecule has 6 nitrogen and oxygen atoms in total. The van der Waals surface area contributed by atoms with Gasteiger partial charge in [-0.2, -0.15) is 0 Å². The number of rotatable bonds is 4. The van der Waals surface area contributed by atoms with E-state index in [2.05, 4.69) is 16.0 Å². The number of benzene rings is 2. The van der Waals surface area contributed by atoms with Crippen molar-refractivity contribution in [3.05, 3.63) is 58.6 Å². The summed E-state index contributed by atoms with van der Waals surface area (Å²) in [4.78, 5) is 36.8. The maximum Gasteiger partial charge on any atom is 0.254 e. The summed E-state index contributed by atoms with van der Waals surface area (Å²) in [6.45, 7) is 1.81. The molecule has 0 saturated heterocycles. The van der Waals surface area contributed by atoms with Crippen molar-refractivity contribution >= 4 is 40.7 Å². The van der Waals surface area contributed by atoms with Crippen molar-refractivity contribution in [1.29, 1.82) is 0 Å². The quantitative estimate of drug-likeness (QED) is 0.771. The molecule has 0 aliphatic carbocycles. The number of amides is 3. The highest BCUT2D eigenvalue weighted by Gasteiger charge is 2.27. The van der Waals surface area contributed by atoms with Crippen LogP contribution in [0.4, 0.5) is 11.4 Å². The topological polar surface area (TPSA) is 87.3 Å². The second-order valence-corrected chi connectivity index (χ2v) is 6.47. The molecule has 1 heterocycles. The molecule has 1 aliphatic rings. The first-order chi connectivity index (χ1) is 12.5. The van der Waals surface area contributed by atoms with Crippen molar-refractivity contribution < 1.29 is 14.4 Å². The van der Waals surface area contributed by atoms with Crippen molar-refractivity contribution in [2.24, 2.45) is 0 Å². The second kappa shape index (κ2) is 7.58. The average molecular weight is 372 g/mol. The van der Waals surface area contributed by atoms with Crippen LogP contribution in [0, 0.1) is 6.92 Å². The van der Waals surface area contributed by atoms with E-state index < -0.39 is 6.04 Å². The summed E-state index contributed by atoms with van der Waals surface area (Å²) in [5, 5.41) is 8.74. The Kier molecular flexibility index (Phi) is 5.23. The molecule has 3 rings (SSSR count). The van der Waals surface area contributed by atoms with E-state index in [-0.39, 0.29) is 30.6 Å². The molecule has 0 unspecified atom stereocenters. The molecular formula is C19H18ClN3O3. The van der Waals surface area contributed by atoms with Gasteiger partial charge in [0.15, 0.2) is 0 Å². The third-order valence-corrected chi connectivity index (χ3v) is 4.66. The molecule has 3 N–H and O–H groups in total. The molecule has 0 saturated carbocycles. The van der Waals surface area contributed by atoms with E-state index >= 15 is 0 Å². The second-order valence-electron chi connectivity index (χ2n) is 6.06. The highest BCUT2D eigenvalue weighted by Crippen LogP contribution is 2.23. The van der Waals surface area contributed by atoms with Crippen LogP contribution in [-0.2, 0) is 9.59 Å². The molecular weight excluding hydrogens is 354 g/mol. The lowest BCUT2D eigenvalue weighted by Crippen LogP contribution is -2.41. The van der Waals surface area contributed by atoms with Crippen LogP contribution in [0.2, 0.25) is 5.02 Å². The Morgan fingerprint density at radius 3 is 2.73 bits per heavy atom. The fraction of sp³-hybridized carbons (Fsp3) is 0.211. The fourth-order valence-electron chi connectivity index (χ4n) is 2.75. The van der Waals surface area contributed by atoms with Crippen molar-refractivity contribution in [2.75, 3.05) is 10.6 Å². The van der Waals surface area contributed by atoms with E-state index in [1.54, 1.807) is 42.5 Å². The predicted octanol–water partition coefficient (Wildman–Crippen LogP) is 3.12. The predicted molar refractivity (Wildman–Crippen MR) is 100 cm³/mol. The first-order valence-corrected chi connectivity index (χ1v) is 8.59. The van der Waals surface area contributed by atoms with Gasteiger partial charge in [0.2, 0.25) is 11.8 Å². The van der Waals surface area contributed by atoms with Gasteiger partial charge in [-0.25, -0.2) is 0 Å². The number of nitrogens with one attached hydrogen (secondary N) is 3. The number of hydrogen-bond donors (Lipinski definition) is 3. The number of anilines is 2. The Morgan fingerprint density at radius 2 is 1.92 bits per heavy atom. The zero-order chi connectivity index (χ0) is 18.7. The summed E-state index contributed by atoms with van der Waals surface area (Å²) in [6.07, 6.45) is 0.275. The normalized spacial score (nSPS) is 16.2. The van der Waals surface area contributed by atoms with Crippen LogP contribution in [0.15, 0.2) is 42.5 Å². The van der Waals surface area contributed by atoms with Crippen LogP contribution in [0.1, 0.15) is 28.8 Å². The summed E-state index contributed by atoms with van der Waals surface area (Å²) < 4.78 is 0. The van der Waals surface area contributed by atoms with Crippen LogP contribution in [0.5, 0.6) is 0 Å². The molecule has 2 aromatic carbocycles. The number of hydrogen-bond acceptors (Lipinski definition) is 3. The molecule has 0 bridgehead atoms. The standard InChI is InChI=1S/C19H18ClN3O3/c1-11-13(20)6-4-8-14(11)21-17(24)10-9-16-19(26)22-15-7-3-2-5-12(15)18(25)23-16/h2-8,16H,9-10H2,1H3,(H,21,24)(H,22,26)(H,23,25)/t16-/m1/s1. The smallest absolute Gasteiger partial charge is 0.254 e.